The molecule has 4 rings (SSSR count). The van der Waals surface area contributed by atoms with Gasteiger partial charge in [0.05, 0.1) is 13.2 Å². The van der Waals surface area contributed by atoms with Crippen molar-refractivity contribution in [2.45, 2.75) is 96.7 Å². The molecular formula is C23H34FN7O3. The van der Waals surface area contributed by atoms with E-state index in [1.807, 2.05) is 32.6 Å². The van der Waals surface area contributed by atoms with Gasteiger partial charge in [0.25, 0.3) is 0 Å². The van der Waals surface area contributed by atoms with Crippen LogP contribution in [0.5, 0.6) is 0 Å². The Morgan fingerprint density at radius 2 is 2.00 bits per heavy atom. The Balaban J connectivity index is 1.42. The number of fused-ring (bicyclic) bond motifs is 2. The highest BCUT2D eigenvalue weighted by Crippen LogP contribution is 2.35. The van der Waals surface area contributed by atoms with Gasteiger partial charge in [0.2, 0.25) is 0 Å². The standard InChI is InChI=1S/C23H34FN7O3/c1-13-8-18(30-29-13)27-21-20(24)17(12-32)26-19(28-21)11-25-14-9-15-6-5-7-16(10-14)31(15)22(33)34-23(2,3)4/h8,14-16,25,32H,5-7,9-12H2,1-4H3,(H2,26,27,28,29,30). The number of aliphatic hydroxyl groups excluding tert-OH is 1. The van der Waals surface area contributed by atoms with Crippen molar-refractivity contribution in [1.29, 1.82) is 0 Å². The van der Waals surface area contributed by atoms with Crippen molar-refractivity contribution in [1.82, 2.24) is 30.4 Å². The van der Waals surface area contributed by atoms with Crippen LogP contribution in [0.2, 0.25) is 0 Å². The number of hydrogen-bond acceptors (Lipinski definition) is 8. The number of halogens is 1. The maximum absolute atomic E-state index is 14.7. The largest absolute Gasteiger partial charge is 0.444 e. The molecule has 2 atom stereocenters. The number of amides is 1. The van der Waals surface area contributed by atoms with Crippen LogP contribution in [0.15, 0.2) is 6.07 Å². The van der Waals surface area contributed by atoms with Crippen LogP contribution in [0.3, 0.4) is 0 Å². The molecule has 2 aromatic rings. The summed E-state index contributed by atoms with van der Waals surface area (Å²) in [5.74, 6) is 0.0752. The van der Waals surface area contributed by atoms with E-state index in [-0.39, 0.29) is 35.7 Å². The number of ether oxygens (including phenoxy) is 1. The quantitative estimate of drug-likeness (QED) is 0.501. The molecule has 0 aliphatic carbocycles. The number of carbonyl (C=O) groups excluding carboxylic acids is 1. The number of rotatable bonds is 6. The average molecular weight is 476 g/mol. The molecule has 2 aliphatic heterocycles. The molecular weight excluding hydrogens is 441 g/mol. The number of aryl methyl sites for hydroxylation is 1. The van der Waals surface area contributed by atoms with E-state index >= 15 is 0 Å². The van der Waals surface area contributed by atoms with Gasteiger partial charge >= 0.3 is 6.09 Å². The fourth-order valence-corrected chi connectivity index (χ4v) is 4.81. The van der Waals surface area contributed by atoms with Gasteiger partial charge in [-0.1, -0.05) is 0 Å². The van der Waals surface area contributed by atoms with E-state index in [4.69, 9.17) is 4.74 Å². The maximum Gasteiger partial charge on any atom is 0.410 e. The SMILES string of the molecule is Cc1cc(Nc2nc(CNC3CC4CCCC(C3)N4C(=O)OC(C)(C)C)nc(CO)c2F)n[nH]1. The zero-order valence-corrected chi connectivity index (χ0v) is 20.2. The number of carbonyl (C=O) groups is 1. The molecule has 4 N–H and O–H groups in total. The Hall–Kier alpha value is -2.79. The zero-order valence-electron chi connectivity index (χ0n) is 20.2. The monoisotopic (exact) mass is 475 g/mol. The number of H-pyrrole nitrogens is 1. The van der Waals surface area contributed by atoms with Crippen molar-refractivity contribution in [2.24, 2.45) is 0 Å². The van der Waals surface area contributed by atoms with Gasteiger partial charge in [0.15, 0.2) is 17.5 Å². The predicted molar refractivity (Wildman–Crippen MR) is 124 cm³/mol. The van der Waals surface area contributed by atoms with Crippen LogP contribution < -0.4 is 10.6 Å². The highest BCUT2D eigenvalue weighted by Gasteiger charge is 2.42. The molecule has 0 saturated carbocycles. The van der Waals surface area contributed by atoms with Crippen molar-refractivity contribution >= 4 is 17.7 Å². The molecule has 2 bridgehead atoms. The number of nitrogens with zero attached hydrogens (tertiary/aromatic N) is 4. The van der Waals surface area contributed by atoms with Crippen LogP contribution >= 0.6 is 0 Å². The molecule has 4 heterocycles. The van der Waals surface area contributed by atoms with E-state index in [0.29, 0.717) is 18.2 Å². The predicted octanol–water partition coefficient (Wildman–Crippen LogP) is 3.29. The third-order valence-corrected chi connectivity index (χ3v) is 6.20. The van der Waals surface area contributed by atoms with Crippen LogP contribution in [-0.4, -0.2) is 60.0 Å². The van der Waals surface area contributed by atoms with Gasteiger partial charge in [-0.15, -0.1) is 0 Å². The van der Waals surface area contributed by atoms with E-state index in [9.17, 15) is 14.3 Å². The van der Waals surface area contributed by atoms with Gasteiger partial charge in [0, 0.05) is 29.9 Å². The van der Waals surface area contributed by atoms with Crippen molar-refractivity contribution < 1.29 is 19.0 Å². The second-order valence-electron chi connectivity index (χ2n) is 10.1. The number of aliphatic hydroxyl groups is 1. The second kappa shape index (κ2) is 9.83. The molecule has 2 unspecified atom stereocenters. The molecule has 10 nitrogen and oxygen atoms in total. The summed E-state index contributed by atoms with van der Waals surface area (Å²) in [6.07, 6.45) is 4.38. The first-order valence-corrected chi connectivity index (χ1v) is 11.8. The number of aromatic nitrogens is 4. The maximum atomic E-state index is 14.7. The molecule has 2 fully saturated rings. The number of nitrogens with one attached hydrogen (secondary N) is 3. The fraction of sp³-hybridized carbons (Fsp3) is 0.652. The minimum absolute atomic E-state index is 0.0287. The van der Waals surface area contributed by atoms with Gasteiger partial charge in [0.1, 0.15) is 17.1 Å². The zero-order chi connectivity index (χ0) is 24.5. The van der Waals surface area contributed by atoms with Crippen LogP contribution in [0, 0.1) is 12.7 Å². The summed E-state index contributed by atoms with van der Waals surface area (Å²) >= 11 is 0. The van der Waals surface area contributed by atoms with Gasteiger partial charge in [-0.3, -0.25) is 5.10 Å². The van der Waals surface area contributed by atoms with Crippen molar-refractivity contribution in [3.8, 4) is 0 Å². The Morgan fingerprint density at radius 3 is 2.59 bits per heavy atom. The smallest absolute Gasteiger partial charge is 0.410 e. The van der Waals surface area contributed by atoms with Crippen molar-refractivity contribution in [3.63, 3.8) is 0 Å². The molecule has 1 amide bonds. The molecule has 0 aromatic carbocycles. The van der Waals surface area contributed by atoms with Crippen LogP contribution in [-0.2, 0) is 17.9 Å². The van der Waals surface area contributed by atoms with Crippen LogP contribution in [0.4, 0.5) is 20.8 Å². The van der Waals surface area contributed by atoms with E-state index in [0.717, 1.165) is 37.8 Å². The van der Waals surface area contributed by atoms with E-state index < -0.39 is 18.0 Å². The second-order valence-corrected chi connectivity index (χ2v) is 10.1. The van der Waals surface area contributed by atoms with Crippen molar-refractivity contribution in [3.05, 3.63) is 29.1 Å². The number of anilines is 2. The summed E-state index contributed by atoms with van der Waals surface area (Å²) in [6.45, 7) is 7.27. The summed E-state index contributed by atoms with van der Waals surface area (Å²) in [4.78, 5) is 23.2. The summed E-state index contributed by atoms with van der Waals surface area (Å²) in [6, 6.07) is 2.16. The van der Waals surface area contributed by atoms with Crippen molar-refractivity contribution in [2.75, 3.05) is 5.32 Å². The minimum atomic E-state index is -0.702. The lowest BCUT2D eigenvalue weighted by atomic mass is 9.82. The first-order chi connectivity index (χ1) is 16.1. The molecule has 11 heteroatoms. The van der Waals surface area contributed by atoms with Gasteiger partial charge in [-0.25, -0.2) is 19.2 Å². The summed E-state index contributed by atoms with van der Waals surface area (Å²) in [5.41, 5.74) is 0.230. The first kappa shape index (κ1) is 24.3. The number of aromatic amines is 1. The van der Waals surface area contributed by atoms with Crippen LogP contribution in [0.1, 0.15) is 70.1 Å². The minimum Gasteiger partial charge on any atom is -0.444 e. The van der Waals surface area contributed by atoms with E-state index in [1.54, 1.807) is 6.07 Å². The van der Waals surface area contributed by atoms with Crippen LogP contribution in [0.25, 0.3) is 0 Å². The first-order valence-electron chi connectivity index (χ1n) is 11.8. The third kappa shape index (κ3) is 5.64. The topological polar surface area (TPSA) is 128 Å². The molecule has 2 saturated heterocycles. The average Bonchev–Trinajstić information content (AvgIpc) is 3.16. The lowest BCUT2D eigenvalue weighted by molar-refractivity contribution is -0.0236. The Kier molecular flexibility index (Phi) is 7.04. The summed E-state index contributed by atoms with van der Waals surface area (Å²) < 4.78 is 20.3. The van der Waals surface area contributed by atoms with E-state index in [1.165, 1.54) is 0 Å². The Labute approximate surface area is 198 Å². The molecule has 0 radical (unpaired) electrons. The highest BCUT2D eigenvalue weighted by atomic mass is 19.1. The third-order valence-electron chi connectivity index (χ3n) is 6.20. The lowest BCUT2D eigenvalue weighted by Crippen LogP contribution is -2.59. The lowest BCUT2D eigenvalue weighted by Gasteiger charge is -2.48. The Bertz CT molecular complexity index is 1010. The summed E-state index contributed by atoms with van der Waals surface area (Å²) in [7, 11) is 0. The number of piperidine rings is 2. The normalized spacial score (nSPS) is 22.5. The molecule has 2 aromatic heterocycles. The van der Waals surface area contributed by atoms with E-state index in [2.05, 4.69) is 30.8 Å². The molecule has 2 aliphatic rings. The van der Waals surface area contributed by atoms with Gasteiger partial charge in [-0.2, -0.15) is 5.10 Å². The van der Waals surface area contributed by atoms with Gasteiger partial charge < -0.3 is 25.4 Å². The highest BCUT2D eigenvalue weighted by molar-refractivity contribution is 5.69. The molecule has 0 spiro atoms. The Morgan fingerprint density at radius 1 is 1.29 bits per heavy atom. The molecule has 34 heavy (non-hydrogen) atoms. The summed E-state index contributed by atoms with van der Waals surface area (Å²) in [5, 5.41) is 22.7. The fourth-order valence-electron chi connectivity index (χ4n) is 4.81. The van der Waals surface area contributed by atoms with Gasteiger partial charge in [-0.05, 0) is 59.8 Å². The molecule has 186 valence electrons. The number of hydrogen-bond donors (Lipinski definition) is 4.